The molecule has 2 N–H and O–H groups in total. The van der Waals surface area contributed by atoms with E-state index in [0.717, 1.165) is 30.8 Å². The molecule has 1 saturated carbocycles. The fourth-order valence-corrected chi connectivity index (χ4v) is 1.98. The van der Waals surface area contributed by atoms with Crippen LogP contribution in [0.4, 0.5) is 5.82 Å². The molecule has 0 bridgehead atoms. The highest BCUT2D eigenvalue weighted by Gasteiger charge is 2.27. The molecule has 1 aromatic carbocycles. The van der Waals surface area contributed by atoms with Crippen molar-refractivity contribution in [3.8, 4) is 17.4 Å². The van der Waals surface area contributed by atoms with Crippen molar-refractivity contribution < 1.29 is 9.47 Å². The number of ether oxygens (including phenoxy) is 2. The normalized spacial score (nSPS) is 14.0. The molecule has 1 aliphatic rings. The molecule has 2 aromatic rings. The van der Waals surface area contributed by atoms with Gasteiger partial charge in [0.25, 0.3) is 0 Å². The van der Waals surface area contributed by atoms with Crippen LogP contribution in [0.5, 0.6) is 17.4 Å². The van der Waals surface area contributed by atoms with Crippen LogP contribution in [0.2, 0.25) is 0 Å². The Kier molecular flexibility index (Phi) is 3.90. The van der Waals surface area contributed by atoms with Gasteiger partial charge >= 0.3 is 0 Å². The zero-order valence-corrected chi connectivity index (χ0v) is 12.1. The van der Waals surface area contributed by atoms with Crippen LogP contribution in [0, 0.1) is 0 Å². The van der Waals surface area contributed by atoms with E-state index in [4.69, 9.17) is 15.2 Å². The molecular formula is C16H19N3O2. The summed E-state index contributed by atoms with van der Waals surface area (Å²) in [5.41, 5.74) is 5.81. The number of nitrogen functional groups attached to an aromatic ring is 1. The SMILES string of the molecule is CCCOc1ccc(Oc2cc(N)nc(C3CC3)n2)cc1. The second-order valence-electron chi connectivity index (χ2n) is 5.19. The van der Waals surface area contributed by atoms with E-state index in [1.807, 2.05) is 24.3 Å². The number of rotatable bonds is 6. The third-order valence-electron chi connectivity index (χ3n) is 3.20. The molecule has 0 atom stereocenters. The minimum atomic E-state index is 0.445. The van der Waals surface area contributed by atoms with Crippen molar-refractivity contribution in [1.29, 1.82) is 0 Å². The van der Waals surface area contributed by atoms with Crippen molar-refractivity contribution >= 4 is 5.82 Å². The van der Waals surface area contributed by atoms with E-state index in [1.165, 1.54) is 0 Å². The Morgan fingerprint density at radius 3 is 2.52 bits per heavy atom. The molecule has 0 radical (unpaired) electrons. The Morgan fingerprint density at radius 2 is 1.86 bits per heavy atom. The molecule has 5 nitrogen and oxygen atoms in total. The van der Waals surface area contributed by atoms with Crippen molar-refractivity contribution in [2.45, 2.75) is 32.1 Å². The van der Waals surface area contributed by atoms with Gasteiger partial charge in [0.15, 0.2) is 0 Å². The first-order chi connectivity index (χ1) is 10.2. The molecule has 0 saturated heterocycles. The average Bonchev–Trinajstić information content (AvgIpc) is 3.30. The van der Waals surface area contributed by atoms with Crippen LogP contribution in [0.25, 0.3) is 0 Å². The van der Waals surface area contributed by atoms with Gasteiger partial charge in [-0.15, -0.1) is 0 Å². The summed E-state index contributed by atoms with van der Waals surface area (Å²) in [6.45, 7) is 2.79. The molecule has 1 heterocycles. The number of aromatic nitrogens is 2. The maximum absolute atomic E-state index is 5.81. The van der Waals surface area contributed by atoms with Crippen molar-refractivity contribution in [3.05, 3.63) is 36.2 Å². The summed E-state index contributed by atoms with van der Waals surface area (Å²) in [6.07, 6.45) is 3.25. The van der Waals surface area contributed by atoms with Gasteiger partial charge in [0.05, 0.1) is 6.61 Å². The van der Waals surface area contributed by atoms with E-state index >= 15 is 0 Å². The maximum Gasteiger partial charge on any atom is 0.224 e. The smallest absolute Gasteiger partial charge is 0.224 e. The lowest BCUT2D eigenvalue weighted by Crippen LogP contribution is -2.00. The number of nitrogens with two attached hydrogens (primary N) is 1. The molecular weight excluding hydrogens is 266 g/mol. The van der Waals surface area contributed by atoms with Crippen molar-refractivity contribution in [1.82, 2.24) is 9.97 Å². The largest absolute Gasteiger partial charge is 0.494 e. The maximum atomic E-state index is 5.81. The lowest BCUT2D eigenvalue weighted by Gasteiger charge is -2.08. The van der Waals surface area contributed by atoms with Gasteiger partial charge in [-0.1, -0.05) is 6.92 Å². The fourth-order valence-electron chi connectivity index (χ4n) is 1.98. The van der Waals surface area contributed by atoms with Crippen LogP contribution in [0.3, 0.4) is 0 Å². The van der Waals surface area contributed by atoms with E-state index in [0.29, 0.717) is 30.0 Å². The number of anilines is 1. The molecule has 0 unspecified atom stereocenters. The van der Waals surface area contributed by atoms with Gasteiger partial charge in [-0.2, -0.15) is 4.98 Å². The van der Waals surface area contributed by atoms with Crippen molar-refractivity contribution in [2.24, 2.45) is 0 Å². The second kappa shape index (κ2) is 5.99. The van der Waals surface area contributed by atoms with Crippen LogP contribution >= 0.6 is 0 Å². The summed E-state index contributed by atoms with van der Waals surface area (Å²) >= 11 is 0. The van der Waals surface area contributed by atoms with Gasteiger partial charge in [-0.05, 0) is 43.5 Å². The third kappa shape index (κ3) is 3.62. The molecule has 1 aromatic heterocycles. The minimum Gasteiger partial charge on any atom is -0.494 e. The Hall–Kier alpha value is -2.30. The zero-order valence-electron chi connectivity index (χ0n) is 12.1. The number of nitrogens with zero attached hydrogens (tertiary/aromatic N) is 2. The molecule has 1 aliphatic carbocycles. The highest BCUT2D eigenvalue weighted by Crippen LogP contribution is 2.39. The predicted octanol–water partition coefficient (Wildman–Crippen LogP) is 3.52. The summed E-state index contributed by atoms with van der Waals surface area (Å²) in [5.74, 6) is 3.72. The van der Waals surface area contributed by atoms with Gasteiger partial charge in [0.1, 0.15) is 23.1 Å². The van der Waals surface area contributed by atoms with Gasteiger partial charge in [-0.3, -0.25) is 0 Å². The van der Waals surface area contributed by atoms with Crippen LogP contribution in [0.1, 0.15) is 37.9 Å². The van der Waals surface area contributed by atoms with Gasteiger partial charge < -0.3 is 15.2 Å². The number of hydrogen-bond donors (Lipinski definition) is 1. The van der Waals surface area contributed by atoms with Crippen LogP contribution in [0.15, 0.2) is 30.3 Å². The van der Waals surface area contributed by atoms with Crippen molar-refractivity contribution in [3.63, 3.8) is 0 Å². The Bertz CT molecular complexity index is 609. The van der Waals surface area contributed by atoms with E-state index in [-0.39, 0.29) is 0 Å². The van der Waals surface area contributed by atoms with Crippen LogP contribution < -0.4 is 15.2 Å². The fraction of sp³-hybridized carbons (Fsp3) is 0.375. The van der Waals surface area contributed by atoms with E-state index in [9.17, 15) is 0 Å². The lowest BCUT2D eigenvalue weighted by molar-refractivity contribution is 0.317. The molecule has 5 heteroatoms. The summed E-state index contributed by atoms with van der Waals surface area (Å²) in [7, 11) is 0. The molecule has 0 amide bonds. The number of benzene rings is 1. The topological polar surface area (TPSA) is 70.3 Å². The molecule has 0 spiro atoms. The molecule has 3 rings (SSSR count). The third-order valence-corrected chi connectivity index (χ3v) is 3.20. The molecule has 110 valence electrons. The van der Waals surface area contributed by atoms with E-state index in [1.54, 1.807) is 6.07 Å². The highest BCUT2D eigenvalue weighted by molar-refractivity contribution is 5.38. The Morgan fingerprint density at radius 1 is 1.14 bits per heavy atom. The summed E-state index contributed by atoms with van der Waals surface area (Å²) in [4.78, 5) is 8.67. The first-order valence-corrected chi connectivity index (χ1v) is 7.30. The van der Waals surface area contributed by atoms with E-state index < -0.39 is 0 Å². The van der Waals surface area contributed by atoms with Gasteiger partial charge in [0.2, 0.25) is 5.88 Å². The number of hydrogen-bond acceptors (Lipinski definition) is 5. The Balaban J connectivity index is 1.70. The first-order valence-electron chi connectivity index (χ1n) is 7.30. The summed E-state index contributed by atoms with van der Waals surface area (Å²) in [5, 5.41) is 0. The standard InChI is InChI=1S/C16H19N3O2/c1-2-9-20-12-5-7-13(8-6-12)21-15-10-14(17)18-16(19-15)11-3-4-11/h5-8,10-11H,2-4,9H2,1H3,(H2,17,18,19). The summed E-state index contributed by atoms with van der Waals surface area (Å²) < 4.78 is 11.3. The minimum absolute atomic E-state index is 0.445. The predicted molar refractivity (Wildman–Crippen MR) is 80.7 cm³/mol. The quantitative estimate of drug-likeness (QED) is 0.879. The van der Waals surface area contributed by atoms with Crippen LogP contribution in [-0.2, 0) is 0 Å². The first kappa shape index (κ1) is 13.7. The van der Waals surface area contributed by atoms with Gasteiger partial charge in [-0.25, -0.2) is 4.98 Å². The average molecular weight is 285 g/mol. The molecule has 0 aliphatic heterocycles. The molecule has 1 fully saturated rings. The molecule has 21 heavy (non-hydrogen) atoms. The highest BCUT2D eigenvalue weighted by atomic mass is 16.5. The zero-order chi connectivity index (χ0) is 14.7. The lowest BCUT2D eigenvalue weighted by atomic mass is 10.3. The monoisotopic (exact) mass is 285 g/mol. The van der Waals surface area contributed by atoms with Crippen LogP contribution in [-0.4, -0.2) is 16.6 Å². The van der Waals surface area contributed by atoms with Gasteiger partial charge in [0, 0.05) is 12.0 Å². The van der Waals surface area contributed by atoms with Crippen molar-refractivity contribution in [2.75, 3.05) is 12.3 Å². The Labute approximate surface area is 124 Å². The second-order valence-corrected chi connectivity index (χ2v) is 5.19. The summed E-state index contributed by atoms with van der Waals surface area (Å²) in [6, 6.07) is 9.14. The van der Waals surface area contributed by atoms with E-state index in [2.05, 4.69) is 16.9 Å².